The number of nitrogens with one attached hydrogen (secondary N) is 2. The molecule has 0 saturated carbocycles. The van der Waals surface area contributed by atoms with E-state index in [4.69, 9.17) is 4.74 Å². The van der Waals surface area contributed by atoms with Crippen LogP contribution < -0.4 is 10.6 Å². The predicted octanol–water partition coefficient (Wildman–Crippen LogP) is 2.57. The second-order valence-corrected chi connectivity index (χ2v) is 9.41. The summed E-state index contributed by atoms with van der Waals surface area (Å²) in [6.45, 7) is 4.43. The molecule has 0 bridgehead atoms. The van der Waals surface area contributed by atoms with Gasteiger partial charge in [0.1, 0.15) is 6.61 Å². The molecule has 1 aliphatic heterocycles. The van der Waals surface area contributed by atoms with Gasteiger partial charge in [0.2, 0.25) is 15.9 Å². The fourth-order valence-electron chi connectivity index (χ4n) is 3.42. The molecule has 9 heteroatoms. The highest BCUT2D eigenvalue weighted by atomic mass is 32.2. The summed E-state index contributed by atoms with van der Waals surface area (Å²) in [5, 5.41) is 5.42. The monoisotopic (exact) mass is 457 g/mol. The average molecular weight is 458 g/mol. The Kier molecular flexibility index (Phi) is 8.02. The van der Waals surface area contributed by atoms with E-state index in [1.807, 2.05) is 30.3 Å². The maximum Gasteiger partial charge on any atom is 0.407 e. The summed E-state index contributed by atoms with van der Waals surface area (Å²) in [5.74, 6) is -0.312. The minimum atomic E-state index is -3.68. The van der Waals surface area contributed by atoms with Gasteiger partial charge in [-0.1, -0.05) is 49.0 Å². The van der Waals surface area contributed by atoms with Gasteiger partial charge < -0.3 is 15.4 Å². The van der Waals surface area contributed by atoms with Crippen LogP contribution in [0.25, 0.3) is 0 Å². The van der Waals surface area contributed by atoms with E-state index < -0.39 is 16.1 Å². The summed E-state index contributed by atoms with van der Waals surface area (Å²) < 4.78 is 32.5. The molecule has 1 saturated heterocycles. The first kappa shape index (κ1) is 23.5. The van der Waals surface area contributed by atoms with Crippen molar-refractivity contribution in [1.29, 1.82) is 0 Å². The molecule has 1 atom stereocenters. The summed E-state index contributed by atoms with van der Waals surface area (Å²) in [4.78, 5) is 23.6. The molecule has 170 valence electrons. The van der Waals surface area contributed by atoms with Crippen LogP contribution in [0, 0.1) is 0 Å². The molecule has 32 heavy (non-hydrogen) atoms. The number of ether oxygens (including phenoxy) is 1. The molecule has 2 aromatic carbocycles. The number of hydrogen-bond donors (Lipinski definition) is 2. The number of sulfonamides is 1. The van der Waals surface area contributed by atoms with Crippen molar-refractivity contribution >= 4 is 22.0 Å². The van der Waals surface area contributed by atoms with Crippen molar-refractivity contribution in [1.82, 2.24) is 14.9 Å². The zero-order valence-electron chi connectivity index (χ0n) is 17.7. The third kappa shape index (κ3) is 6.41. The van der Waals surface area contributed by atoms with Crippen molar-refractivity contribution in [3.63, 3.8) is 0 Å². The first-order valence-corrected chi connectivity index (χ1v) is 11.8. The zero-order chi connectivity index (χ0) is 23.0. The van der Waals surface area contributed by atoms with Crippen molar-refractivity contribution < 1.29 is 22.7 Å². The van der Waals surface area contributed by atoms with E-state index in [0.29, 0.717) is 13.0 Å². The standard InChI is InChI=1S/C23H27N3O5S/c1-2-22(27)25-20-9-6-14-26(16-20)32(29,30)21-12-10-18(11-13-21)15-24-23(28)31-17-19-7-4-3-5-8-19/h2-5,7-8,10-13,20H,1,6,9,14-17H2,(H,24,28)(H,25,27)/t20-/m0/s1. The van der Waals surface area contributed by atoms with E-state index in [0.717, 1.165) is 17.5 Å². The molecule has 3 rings (SSSR count). The molecule has 8 nitrogen and oxygen atoms in total. The average Bonchev–Trinajstić information content (AvgIpc) is 2.82. The molecular formula is C23H27N3O5S. The second kappa shape index (κ2) is 10.9. The summed E-state index contributed by atoms with van der Waals surface area (Å²) in [6.07, 6.45) is 2.01. The summed E-state index contributed by atoms with van der Waals surface area (Å²) in [7, 11) is -3.68. The highest BCUT2D eigenvalue weighted by molar-refractivity contribution is 7.89. The number of piperidine rings is 1. The van der Waals surface area contributed by atoms with Crippen LogP contribution >= 0.6 is 0 Å². The lowest BCUT2D eigenvalue weighted by atomic mass is 10.1. The normalized spacial score (nSPS) is 16.7. The first-order chi connectivity index (χ1) is 15.4. The maximum atomic E-state index is 13.0. The number of carbonyl (C=O) groups is 2. The number of hydrogen-bond acceptors (Lipinski definition) is 5. The lowest BCUT2D eigenvalue weighted by molar-refractivity contribution is -0.117. The molecule has 0 unspecified atom stereocenters. The molecule has 1 aliphatic rings. The van der Waals surface area contributed by atoms with Crippen LogP contribution in [-0.4, -0.2) is 43.9 Å². The summed E-state index contributed by atoms with van der Waals surface area (Å²) in [5.41, 5.74) is 1.64. The molecule has 1 heterocycles. The fourth-order valence-corrected chi connectivity index (χ4v) is 4.94. The Labute approximate surface area is 188 Å². The number of carbonyl (C=O) groups excluding carboxylic acids is 2. The van der Waals surface area contributed by atoms with Gasteiger partial charge in [-0.2, -0.15) is 4.31 Å². The minimum absolute atomic E-state index is 0.170. The van der Waals surface area contributed by atoms with Gasteiger partial charge in [-0.15, -0.1) is 0 Å². The molecule has 2 N–H and O–H groups in total. The number of benzene rings is 2. The Morgan fingerprint density at radius 3 is 2.50 bits per heavy atom. The van der Waals surface area contributed by atoms with Crippen molar-refractivity contribution in [2.24, 2.45) is 0 Å². The van der Waals surface area contributed by atoms with E-state index >= 15 is 0 Å². The SMILES string of the molecule is C=CC(=O)N[C@H]1CCCN(S(=O)(=O)c2ccc(CNC(=O)OCc3ccccc3)cc2)C1. The van der Waals surface area contributed by atoms with Crippen LogP contribution in [0.5, 0.6) is 0 Å². The van der Waals surface area contributed by atoms with Crippen LogP contribution in [0.1, 0.15) is 24.0 Å². The van der Waals surface area contributed by atoms with E-state index in [1.54, 1.807) is 12.1 Å². The van der Waals surface area contributed by atoms with Gasteiger partial charge in [-0.3, -0.25) is 4.79 Å². The smallest absolute Gasteiger partial charge is 0.407 e. The molecular weight excluding hydrogens is 430 g/mol. The Bertz CT molecular complexity index is 1040. The third-order valence-electron chi connectivity index (χ3n) is 5.13. The largest absolute Gasteiger partial charge is 0.445 e. The molecule has 0 spiro atoms. The third-order valence-corrected chi connectivity index (χ3v) is 7.01. The maximum absolute atomic E-state index is 13.0. The van der Waals surface area contributed by atoms with Gasteiger partial charge >= 0.3 is 6.09 Å². The number of nitrogens with zero attached hydrogens (tertiary/aromatic N) is 1. The van der Waals surface area contributed by atoms with Gasteiger partial charge in [-0.25, -0.2) is 13.2 Å². The Morgan fingerprint density at radius 1 is 1.09 bits per heavy atom. The quantitative estimate of drug-likeness (QED) is 0.593. The van der Waals surface area contributed by atoms with E-state index in [-0.39, 0.29) is 36.5 Å². The van der Waals surface area contributed by atoms with E-state index in [1.165, 1.54) is 22.5 Å². The minimum Gasteiger partial charge on any atom is -0.445 e. The first-order valence-electron chi connectivity index (χ1n) is 10.3. The molecule has 2 amide bonds. The highest BCUT2D eigenvalue weighted by Crippen LogP contribution is 2.21. The van der Waals surface area contributed by atoms with Crippen molar-refractivity contribution in [3.8, 4) is 0 Å². The van der Waals surface area contributed by atoms with Crippen molar-refractivity contribution in [3.05, 3.63) is 78.4 Å². The topological polar surface area (TPSA) is 105 Å². The van der Waals surface area contributed by atoms with Gasteiger partial charge in [0.15, 0.2) is 0 Å². The molecule has 0 aliphatic carbocycles. The number of alkyl carbamates (subject to hydrolysis) is 1. The fraction of sp³-hybridized carbons (Fsp3) is 0.304. The van der Waals surface area contributed by atoms with Crippen LogP contribution in [0.3, 0.4) is 0 Å². The lowest BCUT2D eigenvalue weighted by Gasteiger charge is -2.32. The van der Waals surface area contributed by atoms with Crippen molar-refractivity contribution in [2.75, 3.05) is 13.1 Å². The Balaban J connectivity index is 1.53. The predicted molar refractivity (Wildman–Crippen MR) is 120 cm³/mol. The summed E-state index contributed by atoms with van der Waals surface area (Å²) in [6, 6.07) is 15.5. The number of amides is 2. The molecule has 1 fully saturated rings. The second-order valence-electron chi connectivity index (χ2n) is 7.47. The van der Waals surface area contributed by atoms with E-state index in [2.05, 4.69) is 17.2 Å². The van der Waals surface area contributed by atoms with Crippen LogP contribution in [0.2, 0.25) is 0 Å². The highest BCUT2D eigenvalue weighted by Gasteiger charge is 2.30. The van der Waals surface area contributed by atoms with Gasteiger partial charge in [0.05, 0.1) is 4.90 Å². The van der Waals surface area contributed by atoms with Gasteiger partial charge in [0.25, 0.3) is 0 Å². The number of rotatable bonds is 8. The van der Waals surface area contributed by atoms with Gasteiger partial charge in [-0.05, 0) is 42.2 Å². The zero-order valence-corrected chi connectivity index (χ0v) is 18.5. The van der Waals surface area contributed by atoms with Crippen LogP contribution in [0.15, 0.2) is 72.1 Å². The Hall–Kier alpha value is -3.17. The molecule has 0 aromatic heterocycles. The lowest BCUT2D eigenvalue weighted by Crippen LogP contribution is -2.49. The van der Waals surface area contributed by atoms with Gasteiger partial charge in [0, 0.05) is 25.7 Å². The van der Waals surface area contributed by atoms with Crippen LogP contribution in [0.4, 0.5) is 4.79 Å². The molecule has 0 radical (unpaired) electrons. The van der Waals surface area contributed by atoms with Crippen LogP contribution in [-0.2, 0) is 32.7 Å². The van der Waals surface area contributed by atoms with E-state index in [9.17, 15) is 18.0 Å². The Morgan fingerprint density at radius 2 is 1.81 bits per heavy atom. The summed E-state index contributed by atoms with van der Waals surface area (Å²) >= 11 is 0. The molecule has 2 aromatic rings. The van der Waals surface area contributed by atoms with Crippen molar-refractivity contribution in [2.45, 2.75) is 36.9 Å².